The van der Waals surface area contributed by atoms with Gasteiger partial charge in [-0.2, -0.15) is 0 Å². The number of rotatable bonds is 10. The largest absolute Gasteiger partial charge is 0.506 e. The molecule has 0 heterocycles. The molecular formula is C41H43BrO11. The molecule has 3 aromatic carbocycles. The fourth-order valence-electron chi connectivity index (χ4n) is 6.92. The maximum Gasteiger partial charge on any atom is 0.347 e. The summed E-state index contributed by atoms with van der Waals surface area (Å²) in [6.07, 6.45) is 3.34. The Balaban J connectivity index is 1.69. The van der Waals surface area contributed by atoms with Crippen LogP contribution in [0.2, 0.25) is 0 Å². The van der Waals surface area contributed by atoms with E-state index in [9.17, 15) is 34.2 Å². The summed E-state index contributed by atoms with van der Waals surface area (Å²) in [7, 11) is 1.34. The molecule has 1 aliphatic carbocycles. The Morgan fingerprint density at radius 1 is 0.717 bits per heavy atom. The van der Waals surface area contributed by atoms with E-state index in [-0.39, 0.29) is 44.2 Å². The third kappa shape index (κ3) is 7.37. The van der Waals surface area contributed by atoms with E-state index in [1.54, 1.807) is 61.5 Å². The van der Waals surface area contributed by atoms with Crippen LogP contribution in [0.1, 0.15) is 102 Å². The topological polar surface area (TPSA) is 163 Å². The molecule has 0 radical (unpaired) electrons. The minimum Gasteiger partial charge on any atom is -0.506 e. The number of hydrogen-bond donors (Lipinski definition) is 2. The van der Waals surface area contributed by atoms with Crippen LogP contribution >= 0.6 is 15.9 Å². The van der Waals surface area contributed by atoms with E-state index in [0.29, 0.717) is 74.2 Å². The number of halogens is 1. The number of esters is 3. The van der Waals surface area contributed by atoms with Crippen molar-refractivity contribution in [1.29, 1.82) is 0 Å². The lowest BCUT2D eigenvalue weighted by Crippen LogP contribution is -2.28. The fourth-order valence-corrected chi connectivity index (χ4v) is 7.50. The third-order valence-electron chi connectivity index (χ3n) is 9.96. The van der Waals surface area contributed by atoms with Crippen LogP contribution in [0.5, 0.6) is 23.0 Å². The average Bonchev–Trinajstić information content (AvgIpc) is 3.07. The average molecular weight is 792 g/mol. The molecule has 0 bridgehead atoms. The number of hydrogen-bond acceptors (Lipinski definition) is 10. The van der Waals surface area contributed by atoms with E-state index in [4.69, 9.17) is 18.9 Å². The number of aromatic carboxylic acids is 1. The van der Waals surface area contributed by atoms with Gasteiger partial charge in [0, 0.05) is 6.08 Å². The summed E-state index contributed by atoms with van der Waals surface area (Å²) >= 11 is 3.29. The van der Waals surface area contributed by atoms with Crippen molar-refractivity contribution >= 4 is 45.6 Å². The number of ketones is 1. The number of benzene rings is 3. The number of phenols is 1. The third-order valence-corrected chi connectivity index (χ3v) is 10.7. The van der Waals surface area contributed by atoms with Gasteiger partial charge in [-0.25, -0.2) is 14.4 Å². The van der Waals surface area contributed by atoms with Crippen LogP contribution in [0.15, 0.2) is 34.0 Å². The zero-order valence-electron chi connectivity index (χ0n) is 31.7. The molecular weight excluding hydrogens is 748 g/mol. The maximum atomic E-state index is 13.8. The predicted octanol–water partition coefficient (Wildman–Crippen LogP) is 8.16. The van der Waals surface area contributed by atoms with Crippen molar-refractivity contribution in [2.75, 3.05) is 7.11 Å². The van der Waals surface area contributed by atoms with E-state index in [0.717, 1.165) is 0 Å². The molecule has 1 unspecified atom stereocenters. The van der Waals surface area contributed by atoms with Gasteiger partial charge in [0.25, 0.3) is 0 Å². The summed E-state index contributed by atoms with van der Waals surface area (Å²) in [5, 5.41) is 21.1. The fraction of sp³-hybridized carbons (Fsp3) is 0.341. The molecule has 0 aliphatic heterocycles. The Bertz CT molecular complexity index is 2140. The number of aryl methyl sites for hydroxylation is 1. The number of phenolic OH excluding ortho intramolecular Hbond substituents is 1. The summed E-state index contributed by atoms with van der Waals surface area (Å²) in [6, 6.07) is 1.56. The Kier molecular flexibility index (Phi) is 12.1. The highest BCUT2D eigenvalue weighted by Gasteiger charge is 2.34. The smallest absolute Gasteiger partial charge is 0.347 e. The van der Waals surface area contributed by atoms with Gasteiger partial charge < -0.3 is 29.2 Å². The highest BCUT2D eigenvalue weighted by atomic mass is 79.9. The molecule has 280 valence electrons. The first-order valence-electron chi connectivity index (χ1n) is 17.0. The second kappa shape index (κ2) is 15.8. The lowest BCUT2D eigenvalue weighted by atomic mass is 9.91. The van der Waals surface area contributed by atoms with E-state index in [1.807, 2.05) is 13.8 Å². The van der Waals surface area contributed by atoms with Crippen molar-refractivity contribution < 1.29 is 53.1 Å². The molecule has 0 fully saturated rings. The van der Waals surface area contributed by atoms with Gasteiger partial charge in [-0.15, -0.1) is 0 Å². The number of ether oxygens (including phenoxy) is 4. The van der Waals surface area contributed by atoms with Crippen molar-refractivity contribution in [1.82, 2.24) is 0 Å². The molecule has 4 rings (SSSR count). The lowest BCUT2D eigenvalue weighted by Gasteiger charge is -2.23. The Morgan fingerprint density at radius 3 is 1.83 bits per heavy atom. The van der Waals surface area contributed by atoms with Gasteiger partial charge in [-0.05, 0) is 152 Å². The number of carbonyl (C=O) groups excluding carboxylic acids is 4. The summed E-state index contributed by atoms with van der Waals surface area (Å²) in [6.45, 7) is 17.0. The normalized spacial score (nSPS) is 14.0. The Hall–Kier alpha value is -5.23. The first-order valence-corrected chi connectivity index (χ1v) is 17.8. The molecule has 53 heavy (non-hydrogen) atoms. The quantitative estimate of drug-likeness (QED) is 0.151. The molecule has 0 aromatic heterocycles. The van der Waals surface area contributed by atoms with Crippen LogP contribution in [-0.4, -0.2) is 47.0 Å². The SMILES string of the molecule is CCc1c(OC(=O)c2c(C)c(C)c(OC(=O)C3C(C)=CC(=O)C=C3OC)c(Br)c2O)cc(C)c(C(=O)Oc2c(C)c(C)c(C(=O)O)c(C)c2CC)c1C. The van der Waals surface area contributed by atoms with Crippen LogP contribution in [0.3, 0.4) is 0 Å². The van der Waals surface area contributed by atoms with Crippen LogP contribution in [-0.2, 0) is 27.2 Å². The zero-order valence-corrected chi connectivity index (χ0v) is 33.3. The molecule has 0 amide bonds. The second-order valence-corrected chi connectivity index (χ2v) is 13.8. The number of carboxylic acid groups (broad SMARTS) is 1. The van der Waals surface area contributed by atoms with Crippen molar-refractivity contribution in [3.63, 3.8) is 0 Å². The van der Waals surface area contributed by atoms with Gasteiger partial charge in [-0.3, -0.25) is 9.59 Å². The van der Waals surface area contributed by atoms with Crippen molar-refractivity contribution in [2.24, 2.45) is 5.92 Å². The van der Waals surface area contributed by atoms with Gasteiger partial charge in [0.05, 0.1) is 18.2 Å². The van der Waals surface area contributed by atoms with Crippen LogP contribution in [0.25, 0.3) is 0 Å². The molecule has 1 atom stereocenters. The van der Waals surface area contributed by atoms with Gasteiger partial charge in [0.15, 0.2) is 11.5 Å². The predicted molar refractivity (Wildman–Crippen MR) is 200 cm³/mol. The minimum atomic E-state index is -1.05. The van der Waals surface area contributed by atoms with Crippen LogP contribution in [0, 0.1) is 54.4 Å². The van der Waals surface area contributed by atoms with E-state index < -0.39 is 35.5 Å². The van der Waals surface area contributed by atoms with Gasteiger partial charge in [-0.1, -0.05) is 13.8 Å². The maximum absolute atomic E-state index is 13.8. The van der Waals surface area contributed by atoms with Crippen LogP contribution in [0.4, 0.5) is 0 Å². The van der Waals surface area contributed by atoms with Crippen LogP contribution < -0.4 is 14.2 Å². The van der Waals surface area contributed by atoms with Gasteiger partial charge in [0.1, 0.15) is 39.0 Å². The first-order chi connectivity index (χ1) is 24.8. The monoisotopic (exact) mass is 790 g/mol. The van der Waals surface area contributed by atoms with E-state index >= 15 is 0 Å². The highest BCUT2D eigenvalue weighted by molar-refractivity contribution is 9.10. The highest BCUT2D eigenvalue weighted by Crippen LogP contribution is 2.44. The summed E-state index contributed by atoms with van der Waals surface area (Å²) in [5.41, 5.74) is 5.19. The number of allylic oxidation sites excluding steroid dienone is 2. The Morgan fingerprint density at radius 2 is 1.26 bits per heavy atom. The first kappa shape index (κ1) is 40.5. The van der Waals surface area contributed by atoms with Gasteiger partial charge >= 0.3 is 23.9 Å². The minimum absolute atomic E-state index is 0.0186. The summed E-state index contributed by atoms with van der Waals surface area (Å²) < 4.78 is 22.9. The summed E-state index contributed by atoms with van der Waals surface area (Å²) in [4.78, 5) is 64.9. The van der Waals surface area contributed by atoms with Crippen molar-refractivity contribution in [3.05, 3.63) is 101 Å². The lowest BCUT2D eigenvalue weighted by molar-refractivity contribution is -0.137. The number of carboxylic acids is 1. The molecule has 12 heteroatoms. The van der Waals surface area contributed by atoms with Gasteiger partial charge in [0.2, 0.25) is 0 Å². The number of aromatic hydroxyl groups is 1. The van der Waals surface area contributed by atoms with Crippen molar-refractivity contribution in [2.45, 2.75) is 82.1 Å². The second-order valence-electron chi connectivity index (χ2n) is 13.0. The number of methoxy groups -OCH3 is 1. The van der Waals surface area contributed by atoms with Crippen molar-refractivity contribution in [3.8, 4) is 23.0 Å². The zero-order chi connectivity index (χ0) is 39.8. The van der Waals surface area contributed by atoms with E-state index in [1.165, 1.54) is 19.3 Å². The molecule has 0 spiro atoms. The molecule has 0 saturated heterocycles. The molecule has 11 nitrogen and oxygen atoms in total. The molecule has 0 saturated carbocycles. The van der Waals surface area contributed by atoms with E-state index in [2.05, 4.69) is 15.9 Å². The summed E-state index contributed by atoms with van der Waals surface area (Å²) in [5.74, 6) is -4.53. The molecule has 2 N–H and O–H groups in total. The standard InChI is InChI=1S/C41H43BrO11/c1-12-26-23(9)30(39(47)52-36-21(7)19(5)32(38(45)46)24(10)27(36)13-2)18(4)15-28(26)51-41(49)33-20(6)22(8)37(34(42)35(33)44)53-40(48)31-17(3)14-25(43)16-29(31)50-11/h14-16,31,44H,12-13H2,1-11H3,(H,45,46). The Labute approximate surface area is 316 Å². The molecule has 3 aromatic rings. The molecule has 1 aliphatic rings. The number of carbonyl (C=O) groups is 5.